The van der Waals surface area contributed by atoms with Gasteiger partial charge in [0, 0.05) is 37.4 Å². The van der Waals surface area contributed by atoms with Crippen molar-refractivity contribution in [2.24, 2.45) is 0 Å². The van der Waals surface area contributed by atoms with Crippen molar-refractivity contribution < 1.29 is 9.84 Å². The van der Waals surface area contributed by atoms with Crippen LogP contribution in [0.4, 0.5) is 0 Å². The standard InChI is InChI=1S/C16H23N5O2/c1-12(2)21-10-14(18-19-21)16(22)6-8-20(11-16)9-13-5-4-7-17-15(13)23-3/h4-5,7,10,12,22H,6,8-9,11H2,1-3H3/t16-/m1/s1. The van der Waals surface area contributed by atoms with Crippen molar-refractivity contribution in [3.05, 3.63) is 35.8 Å². The van der Waals surface area contributed by atoms with Crippen LogP contribution in [-0.4, -0.2) is 50.2 Å². The van der Waals surface area contributed by atoms with Crippen LogP contribution in [0, 0.1) is 0 Å². The Bertz CT molecular complexity index is 672. The lowest BCUT2D eigenvalue weighted by Crippen LogP contribution is -2.31. The minimum absolute atomic E-state index is 0.233. The molecule has 1 aliphatic heterocycles. The van der Waals surface area contributed by atoms with Gasteiger partial charge in [0.05, 0.1) is 13.3 Å². The first kappa shape index (κ1) is 15.9. The van der Waals surface area contributed by atoms with Gasteiger partial charge in [-0.25, -0.2) is 9.67 Å². The fourth-order valence-corrected chi connectivity index (χ4v) is 2.93. The first-order valence-corrected chi connectivity index (χ1v) is 7.87. The average molecular weight is 317 g/mol. The third-order valence-corrected chi connectivity index (χ3v) is 4.28. The zero-order chi connectivity index (χ0) is 16.4. The summed E-state index contributed by atoms with van der Waals surface area (Å²) in [4.78, 5) is 6.41. The summed E-state index contributed by atoms with van der Waals surface area (Å²) in [5, 5.41) is 19.2. The molecule has 0 amide bonds. The van der Waals surface area contributed by atoms with Gasteiger partial charge >= 0.3 is 0 Å². The highest BCUT2D eigenvalue weighted by atomic mass is 16.5. The van der Waals surface area contributed by atoms with Gasteiger partial charge in [0.2, 0.25) is 5.88 Å². The molecular weight excluding hydrogens is 294 g/mol. The first-order valence-electron chi connectivity index (χ1n) is 7.87. The van der Waals surface area contributed by atoms with E-state index in [1.54, 1.807) is 18.0 Å². The number of nitrogens with zero attached hydrogens (tertiary/aromatic N) is 5. The van der Waals surface area contributed by atoms with Gasteiger partial charge in [-0.1, -0.05) is 11.3 Å². The maximum absolute atomic E-state index is 10.9. The van der Waals surface area contributed by atoms with Gasteiger partial charge < -0.3 is 9.84 Å². The number of aromatic nitrogens is 4. The third-order valence-electron chi connectivity index (χ3n) is 4.28. The summed E-state index contributed by atoms with van der Waals surface area (Å²) in [6.07, 6.45) is 4.21. The Labute approximate surface area is 135 Å². The number of likely N-dealkylation sites (tertiary alicyclic amines) is 1. The molecule has 124 valence electrons. The summed E-state index contributed by atoms with van der Waals surface area (Å²) in [5.41, 5.74) is 0.722. The van der Waals surface area contributed by atoms with Crippen molar-refractivity contribution in [3.8, 4) is 5.88 Å². The molecule has 7 nitrogen and oxygen atoms in total. The van der Waals surface area contributed by atoms with Crippen LogP contribution in [-0.2, 0) is 12.1 Å². The lowest BCUT2D eigenvalue weighted by molar-refractivity contribution is 0.0407. The number of β-amino-alcohol motifs (C(OH)–C–C–N with tert-alkyl or cyclic N) is 1. The quantitative estimate of drug-likeness (QED) is 0.897. The molecule has 3 heterocycles. The van der Waals surface area contributed by atoms with E-state index >= 15 is 0 Å². The molecule has 3 rings (SSSR count). The van der Waals surface area contributed by atoms with Gasteiger partial charge in [-0.15, -0.1) is 5.10 Å². The normalized spacial score (nSPS) is 22.0. The van der Waals surface area contributed by atoms with Crippen molar-refractivity contribution in [3.63, 3.8) is 0 Å². The molecule has 1 saturated heterocycles. The van der Waals surface area contributed by atoms with Crippen LogP contribution >= 0.6 is 0 Å². The van der Waals surface area contributed by atoms with Gasteiger partial charge in [-0.3, -0.25) is 4.90 Å². The highest BCUT2D eigenvalue weighted by Gasteiger charge is 2.40. The van der Waals surface area contributed by atoms with E-state index in [4.69, 9.17) is 4.74 Å². The number of ether oxygens (including phenoxy) is 1. The molecule has 0 aromatic carbocycles. The summed E-state index contributed by atoms with van der Waals surface area (Å²) >= 11 is 0. The third kappa shape index (κ3) is 3.20. The highest BCUT2D eigenvalue weighted by Crippen LogP contribution is 2.32. The molecule has 1 atom stereocenters. The largest absolute Gasteiger partial charge is 0.481 e. The molecule has 0 spiro atoms. The lowest BCUT2D eigenvalue weighted by atomic mass is 10.00. The molecular formula is C16H23N5O2. The van der Waals surface area contributed by atoms with Crippen LogP contribution in [0.25, 0.3) is 0 Å². The zero-order valence-electron chi connectivity index (χ0n) is 13.8. The molecule has 7 heteroatoms. The van der Waals surface area contributed by atoms with Gasteiger partial charge in [0.25, 0.3) is 0 Å². The van der Waals surface area contributed by atoms with E-state index in [1.807, 2.05) is 32.2 Å². The van der Waals surface area contributed by atoms with Crippen molar-refractivity contribution >= 4 is 0 Å². The van der Waals surface area contributed by atoms with E-state index < -0.39 is 5.60 Å². The number of hydrogen-bond acceptors (Lipinski definition) is 6. The van der Waals surface area contributed by atoms with Crippen molar-refractivity contribution in [1.29, 1.82) is 0 Å². The first-order chi connectivity index (χ1) is 11.0. The summed E-state index contributed by atoms with van der Waals surface area (Å²) < 4.78 is 7.07. The SMILES string of the molecule is COc1ncccc1CN1CC[C@](O)(c2cn(C(C)C)nn2)C1. The molecule has 0 aliphatic carbocycles. The maximum atomic E-state index is 10.9. The number of aliphatic hydroxyl groups is 1. The molecule has 1 N–H and O–H groups in total. The number of hydrogen-bond donors (Lipinski definition) is 1. The molecule has 0 saturated carbocycles. The lowest BCUT2D eigenvalue weighted by Gasteiger charge is -2.21. The Morgan fingerprint density at radius 1 is 1.43 bits per heavy atom. The molecule has 2 aromatic rings. The minimum atomic E-state index is -0.942. The average Bonchev–Trinajstić information content (AvgIpc) is 3.16. The number of rotatable bonds is 5. The second-order valence-corrected chi connectivity index (χ2v) is 6.34. The van der Waals surface area contributed by atoms with Crippen LogP contribution in [0.3, 0.4) is 0 Å². The Morgan fingerprint density at radius 3 is 2.96 bits per heavy atom. The predicted molar refractivity (Wildman–Crippen MR) is 85.0 cm³/mol. The maximum Gasteiger partial charge on any atom is 0.217 e. The fraction of sp³-hybridized carbons (Fsp3) is 0.562. The molecule has 2 aromatic heterocycles. The van der Waals surface area contributed by atoms with Crippen LogP contribution in [0.15, 0.2) is 24.5 Å². The number of methoxy groups -OCH3 is 1. The molecule has 1 aliphatic rings. The van der Waals surface area contributed by atoms with E-state index in [9.17, 15) is 5.11 Å². The van der Waals surface area contributed by atoms with E-state index in [0.29, 0.717) is 31.1 Å². The minimum Gasteiger partial charge on any atom is -0.481 e. The van der Waals surface area contributed by atoms with Gasteiger partial charge in [0.15, 0.2) is 0 Å². The van der Waals surface area contributed by atoms with Crippen molar-refractivity contribution in [2.45, 2.75) is 38.5 Å². The van der Waals surface area contributed by atoms with Crippen molar-refractivity contribution in [2.75, 3.05) is 20.2 Å². The monoisotopic (exact) mass is 317 g/mol. The van der Waals surface area contributed by atoms with Gasteiger partial charge in [-0.2, -0.15) is 0 Å². The Morgan fingerprint density at radius 2 is 2.26 bits per heavy atom. The number of pyridine rings is 1. The van der Waals surface area contributed by atoms with E-state index in [1.165, 1.54) is 0 Å². The van der Waals surface area contributed by atoms with Crippen molar-refractivity contribution in [1.82, 2.24) is 24.9 Å². The van der Waals surface area contributed by atoms with Gasteiger partial charge in [-0.05, 0) is 26.3 Å². The van der Waals surface area contributed by atoms with Gasteiger partial charge in [0.1, 0.15) is 11.3 Å². The Kier molecular flexibility index (Phi) is 4.32. The molecule has 0 bridgehead atoms. The molecule has 1 fully saturated rings. The fourth-order valence-electron chi connectivity index (χ4n) is 2.93. The second-order valence-electron chi connectivity index (χ2n) is 6.34. The van der Waals surface area contributed by atoms with E-state index in [-0.39, 0.29) is 6.04 Å². The Balaban J connectivity index is 1.72. The van der Waals surface area contributed by atoms with Crippen LogP contribution in [0.1, 0.15) is 37.6 Å². The molecule has 0 radical (unpaired) electrons. The summed E-state index contributed by atoms with van der Waals surface area (Å²) in [7, 11) is 1.62. The topological polar surface area (TPSA) is 76.3 Å². The zero-order valence-corrected chi connectivity index (χ0v) is 13.8. The van der Waals surface area contributed by atoms with Crippen LogP contribution in [0.2, 0.25) is 0 Å². The van der Waals surface area contributed by atoms with E-state index in [2.05, 4.69) is 20.2 Å². The van der Waals surface area contributed by atoms with E-state index in [0.717, 1.165) is 12.1 Å². The molecule has 23 heavy (non-hydrogen) atoms. The smallest absolute Gasteiger partial charge is 0.217 e. The molecule has 0 unspecified atom stereocenters. The van der Waals surface area contributed by atoms with Crippen LogP contribution in [0.5, 0.6) is 5.88 Å². The second kappa shape index (κ2) is 6.25. The summed E-state index contributed by atoms with van der Waals surface area (Å²) in [6.45, 7) is 6.10. The highest BCUT2D eigenvalue weighted by molar-refractivity contribution is 5.25. The van der Waals surface area contributed by atoms with Crippen LogP contribution < -0.4 is 4.74 Å². The summed E-state index contributed by atoms with van der Waals surface area (Å²) in [5.74, 6) is 0.633. The summed E-state index contributed by atoms with van der Waals surface area (Å²) in [6, 6.07) is 4.13. The Hall–Kier alpha value is -1.99. The predicted octanol–water partition coefficient (Wildman–Crippen LogP) is 1.36.